The van der Waals surface area contributed by atoms with E-state index in [1.807, 2.05) is 66.4 Å². The van der Waals surface area contributed by atoms with Gasteiger partial charge in [-0.3, -0.25) is 9.79 Å². The first-order valence-corrected chi connectivity index (χ1v) is 13.3. The van der Waals surface area contributed by atoms with Gasteiger partial charge in [-0.05, 0) is 55.7 Å². The van der Waals surface area contributed by atoms with E-state index >= 15 is 0 Å². The smallest absolute Gasteiger partial charge is 0.226 e. The molecule has 0 aromatic heterocycles. The molecule has 1 saturated heterocycles. The van der Waals surface area contributed by atoms with E-state index in [0.29, 0.717) is 12.5 Å². The first-order valence-electron chi connectivity index (χ1n) is 12.3. The molecule has 1 aliphatic carbocycles. The van der Waals surface area contributed by atoms with Gasteiger partial charge in [0.2, 0.25) is 5.91 Å². The van der Waals surface area contributed by atoms with Gasteiger partial charge in [0.1, 0.15) is 11.5 Å². The first-order chi connectivity index (χ1) is 16.2. The molecule has 2 aliphatic rings. The van der Waals surface area contributed by atoms with E-state index in [-0.39, 0.29) is 11.9 Å². The van der Waals surface area contributed by atoms with Crippen molar-refractivity contribution >= 4 is 28.5 Å². The molecule has 0 spiro atoms. The topological polar surface area (TPSA) is 53.9 Å². The maximum absolute atomic E-state index is 12.8. The monoisotopic (exact) mass is 465 g/mol. The average molecular weight is 466 g/mol. The Morgan fingerprint density at radius 3 is 2.52 bits per heavy atom. The van der Waals surface area contributed by atoms with Crippen LogP contribution in [-0.4, -0.2) is 40.4 Å². The van der Waals surface area contributed by atoms with Gasteiger partial charge in [-0.1, -0.05) is 62.6 Å². The Morgan fingerprint density at radius 1 is 1.06 bits per heavy atom. The fourth-order valence-electron chi connectivity index (χ4n) is 4.41. The number of aliphatic imine (C=N–C) groups is 1. The lowest BCUT2D eigenvalue weighted by molar-refractivity contribution is -0.116. The van der Waals surface area contributed by atoms with E-state index in [4.69, 9.17) is 9.73 Å². The number of ether oxygens (including phenoxy) is 1. The van der Waals surface area contributed by atoms with Gasteiger partial charge in [-0.15, -0.1) is 0 Å². The van der Waals surface area contributed by atoms with E-state index < -0.39 is 0 Å². The number of carbonyl (C=O) groups excluding carboxylic acids is 1. The lowest BCUT2D eigenvalue weighted by atomic mass is 9.96. The maximum atomic E-state index is 12.8. The van der Waals surface area contributed by atoms with Crippen molar-refractivity contribution in [1.82, 2.24) is 4.90 Å². The fourth-order valence-corrected chi connectivity index (χ4v) is 5.68. The molecule has 2 aromatic carbocycles. The Balaban J connectivity index is 1.33. The summed E-state index contributed by atoms with van der Waals surface area (Å²) in [6.07, 6.45) is 9.12. The molecule has 0 radical (unpaired) electrons. The van der Waals surface area contributed by atoms with Crippen LogP contribution in [0.1, 0.15) is 58.3 Å². The Morgan fingerprint density at radius 2 is 1.79 bits per heavy atom. The highest BCUT2D eigenvalue weighted by molar-refractivity contribution is 8.14. The number of benzene rings is 2. The number of unbranched alkanes of at least 4 members (excludes halogenated alkanes) is 1. The quantitative estimate of drug-likeness (QED) is 0.447. The number of rotatable bonds is 9. The van der Waals surface area contributed by atoms with Crippen molar-refractivity contribution in [3.05, 3.63) is 54.6 Å². The van der Waals surface area contributed by atoms with Crippen molar-refractivity contribution < 1.29 is 9.53 Å². The number of hydrogen-bond donors (Lipinski definition) is 1. The molecule has 5 nitrogen and oxygen atoms in total. The fraction of sp³-hybridized carbons (Fsp3) is 0.481. The highest BCUT2D eigenvalue weighted by Gasteiger charge is 2.32. The Labute approximate surface area is 202 Å². The van der Waals surface area contributed by atoms with Crippen LogP contribution in [0.25, 0.3) is 0 Å². The molecule has 2 aromatic rings. The van der Waals surface area contributed by atoms with Crippen LogP contribution in [0, 0.1) is 0 Å². The van der Waals surface area contributed by atoms with Crippen LogP contribution in [0.5, 0.6) is 11.5 Å². The summed E-state index contributed by atoms with van der Waals surface area (Å²) in [6.45, 7) is 3.20. The number of anilines is 1. The number of para-hydroxylation sites is 1. The summed E-state index contributed by atoms with van der Waals surface area (Å²) in [5.41, 5.74) is 0.794. The maximum Gasteiger partial charge on any atom is 0.226 e. The third-order valence-electron chi connectivity index (χ3n) is 6.25. The molecule has 1 amide bonds. The van der Waals surface area contributed by atoms with Gasteiger partial charge in [-0.25, -0.2) is 0 Å². The van der Waals surface area contributed by atoms with Gasteiger partial charge in [0.15, 0.2) is 5.17 Å². The summed E-state index contributed by atoms with van der Waals surface area (Å²) in [4.78, 5) is 20.4. The summed E-state index contributed by atoms with van der Waals surface area (Å²) in [5.74, 6) is 2.54. The Bertz CT molecular complexity index is 911. The predicted octanol–water partition coefficient (Wildman–Crippen LogP) is 6.71. The molecule has 1 unspecified atom stereocenters. The molecular weight excluding hydrogens is 430 g/mol. The van der Waals surface area contributed by atoms with Gasteiger partial charge < -0.3 is 15.0 Å². The molecule has 2 fully saturated rings. The Hall–Kier alpha value is -2.47. The number of amides is 1. The van der Waals surface area contributed by atoms with Crippen molar-refractivity contribution in [2.75, 3.05) is 17.6 Å². The minimum absolute atomic E-state index is 0.0535. The molecule has 1 heterocycles. The highest BCUT2D eigenvalue weighted by Crippen LogP contribution is 2.30. The number of thioether (sulfide) groups is 1. The molecule has 4 rings (SSSR count). The van der Waals surface area contributed by atoms with E-state index in [9.17, 15) is 4.79 Å². The van der Waals surface area contributed by atoms with Crippen molar-refractivity contribution in [3.63, 3.8) is 0 Å². The Kier molecular flexibility index (Phi) is 8.70. The van der Waals surface area contributed by atoms with Crippen molar-refractivity contribution in [1.29, 1.82) is 0 Å². The van der Waals surface area contributed by atoms with Crippen LogP contribution in [0.4, 0.5) is 5.69 Å². The van der Waals surface area contributed by atoms with E-state index in [2.05, 4.69) is 17.1 Å². The largest absolute Gasteiger partial charge is 0.457 e. The molecule has 1 saturated carbocycles. The highest BCUT2D eigenvalue weighted by atomic mass is 32.2. The second-order valence-electron chi connectivity index (χ2n) is 8.91. The number of carbonyl (C=O) groups is 1. The SMILES string of the molecule is CCCCN1C(=NC2CCCCC2)SCC1CC(=O)Nc1ccc(Oc2ccccc2)cc1. The summed E-state index contributed by atoms with van der Waals surface area (Å²) >= 11 is 1.83. The van der Waals surface area contributed by atoms with Gasteiger partial charge in [-0.2, -0.15) is 0 Å². The summed E-state index contributed by atoms with van der Waals surface area (Å²) in [7, 11) is 0. The first kappa shape index (κ1) is 23.7. The van der Waals surface area contributed by atoms with E-state index in [1.54, 1.807) is 0 Å². The standard InChI is InChI=1S/C27H35N3O2S/c1-2-3-18-30-23(20-33-27(30)29-21-10-6-4-7-11-21)19-26(31)28-22-14-16-25(17-15-22)32-24-12-8-5-9-13-24/h5,8-9,12-17,21,23H,2-4,6-7,10-11,18-20H2,1H3,(H,28,31). The van der Waals surface area contributed by atoms with Crippen molar-refractivity contribution in [2.24, 2.45) is 4.99 Å². The van der Waals surface area contributed by atoms with E-state index in [0.717, 1.165) is 47.5 Å². The van der Waals surface area contributed by atoms with E-state index in [1.165, 1.54) is 32.1 Å². The zero-order valence-electron chi connectivity index (χ0n) is 19.5. The second-order valence-corrected chi connectivity index (χ2v) is 9.89. The predicted molar refractivity (Wildman–Crippen MR) is 138 cm³/mol. The normalized spacial score (nSPS) is 20.2. The average Bonchev–Trinajstić information content (AvgIpc) is 3.20. The van der Waals surface area contributed by atoms with Gasteiger partial charge in [0, 0.05) is 30.4 Å². The van der Waals surface area contributed by atoms with Gasteiger partial charge >= 0.3 is 0 Å². The molecule has 176 valence electrons. The van der Waals surface area contributed by atoms with Gasteiger partial charge in [0.25, 0.3) is 0 Å². The lowest BCUT2D eigenvalue weighted by Crippen LogP contribution is -2.38. The van der Waals surface area contributed by atoms with Crippen LogP contribution >= 0.6 is 11.8 Å². The lowest BCUT2D eigenvalue weighted by Gasteiger charge is -2.27. The van der Waals surface area contributed by atoms with Crippen LogP contribution in [0.15, 0.2) is 59.6 Å². The zero-order valence-corrected chi connectivity index (χ0v) is 20.4. The molecule has 1 atom stereocenters. The summed E-state index contributed by atoms with van der Waals surface area (Å²) in [5, 5.41) is 4.23. The summed E-state index contributed by atoms with van der Waals surface area (Å²) < 4.78 is 5.84. The molecule has 33 heavy (non-hydrogen) atoms. The minimum atomic E-state index is 0.0535. The number of hydrogen-bond acceptors (Lipinski definition) is 4. The van der Waals surface area contributed by atoms with Crippen molar-refractivity contribution in [2.45, 2.75) is 70.4 Å². The molecule has 1 aliphatic heterocycles. The van der Waals surface area contributed by atoms with Crippen LogP contribution in [-0.2, 0) is 4.79 Å². The van der Waals surface area contributed by atoms with Crippen LogP contribution in [0.2, 0.25) is 0 Å². The van der Waals surface area contributed by atoms with Gasteiger partial charge in [0.05, 0.1) is 6.04 Å². The molecular formula is C27H35N3O2S. The van der Waals surface area contributed by atoms with Crippen LogP contribution in [0.3, 0.4) is 0 Å². The summed E-state index contributed by atoms with van der Waals surface area (Å²) in [6, 6.07) is 17.9. The molecule has 1 N–H and O–H groups in total. The number of nitrogens with zero attached hydrogens (tertiary/aromatic N) is 2. The molecule has 0 bridgehead atoms. The third-order valence-corrected chi connectivity index (χ3v) is 7.40. The van der Waals surface area contributed by atoms with Crippen LogP contribution < -0.4 is 10.1 Å². The zero-order chi connectivity index (χ0) is 22.9. The molecule has 6 heteroatoms. The van der Waals surface area contributed by atoms with Crippen molar-refractivity contribution in [3.8, 4) is 11.5 Å². The minimum Gasteiger partial charge on any atom is -0.457 e. The second kappa shape index (κ2) is 12.1. The third kappa shape index (κ3) is 7.00. The number of amidine groups is 1. The number of nitrogens with one attached hydrogen (secondary N) is 1.